The smallest absolute Gasteiger partial charge is 0.407 e. The van der Waals surface area contributed by atoms with Gasteiger partial charge in [-0.15, -0.1) is 0 Å². The van der Waals surface area contributed by atoms with Crippen LogP contribution in [0.3, 0.4) is 0 Å². The summed E-state index contributed by atoms with van der Waals surface area (Å²) in [5, 5.41) is 16.9. The zero-order valence-corrected chi connectivity index (χ0v) is 35.6. The number of fused-ring (bicyclic) bond motifs is 6. The van der Waals surface area contributed by atoms with Gasteiger partial charge in [0.2, 0.25) is 5.91 Å². The molecule has 4 heterocycles. The predicted molar refractivity (Wildman–Crippen MR) is 235 cm³/mol. The second-order valence-electron chi connectivity index (χ2n) is 17.8. The number of nitrogens with zero attached hydrogens (tertiary/aromatic N) is 3. The van der Waals surface area contributed by atoms with Crippen molar-refractivity contribution in [2.75, 3.05) is 20.2 Å². The average molecular weight is 837 g/mol. The van der Waals surface area contributed by atoms with Crippen LogP contribution < -0.4 is 15.4 Å². The molecule has 4 aliphatic rings. The van der Waals surface area contributed by atoms with E-state index in [0.717, 1.165) is 62.9 Å². The number of likely N-dealkylation sites (tertiary alicyclic amines) is 2. The molecule has 0 saturated carbocycles. The van der Waals surface area contributed by atoms with E-state index >= 15 is 0 Å². The van der Waals surface area contributed by atoms with Crippen LogP contribution >= 0.6 is 0 Å². The number of carbonyl (C=O) groups excluding carboxylic acids is 3. The Morgan fingerprint density at radius 2 is 1.63 bits per heavy atom. The van der Waals surface area contributed by atoms with E-state index in [1.54, 1.807) is 0 Å². The van der Waals surface area contributed by atoms with Crippen LogP contribution in [0, 0.1) is 17.8 Å². The Morgan fingerprint density at radius 3 is 2.35 bits per heavy atom. The van der Waals surface area contributed by atoms with Crippen LogP contribution in [0.4, 0.5) is 9.59 Å². The number of aromatic amines is 1. The van der Waals surface area contributed by atoms with Gasteiger partial charge >= 0.3 is 12.2 Å². The third-order valence-corrected chi connectivity index (χ3v) is 13.0. The van der Waals surface area contributed by atoms with Crippen LogP contribution in [0.25, 0.3) is 39.2 Å². The maximum absolute atomic E-state index is 14.1. The van der Waals surface area contributed by atoms with E-state index in [1.807, 2.05) is 60.2 Å². The molecule has 2 fully saturated rings. The van der Waals surface area contributed by atoms with E-state index in [0.29, 0.717) is 43.4 Å². The highest BCUT2D eigenvalue weighted by atomic mass is 16.5. The third-order valence-electron chi connectivity index (χ3n) is 13.0. The lowest BCUT2D eigenvalue weighted by molar-refractivity contribution is -0.135. The third kappa shape index (κ3) is 7.54. The van der Waals surface area contributed by atoms with Gasteiger partial charge in [0.1, 0.15) is 30.3 Å². The minimum absolute atomic E-state index is 0.0943. The van der Waals surface area contributed by atoms with Crippen molar-refractivity contribution >= 4 is 40.8 Å². The number of carbonyl (C=O) groups is 4. The van der Waals surface area contributed by atoms with E-state index in [2.05, 4.69) is 78.0 Å². The van der Waals surface area contributed by atoms with Gasteiger partial charge in [-0.2, -0.15) is 0 Å². The Balaban J connectivity index is 0.943. The summed E-state index contributed by atoms with van der Waals surface area (Å²) < 4.78 is 11.3. The minimum Gasteiger partial charge on any atom is -0.488 e. The van der Waals surface area contributed by atoms with E-state index in [4.69, 9.17) is 14.5 Å². The molecule has 2 saturated heterocycles. The van der Waals surface area contributed by atoms with Crippen molar-refractivity contribution < 1.29 is 33.8 Å². The Hall–Kier alpha value is -6.63. The zero-order chi connectivity index (χ0) is 43.4. The summed E-state index contributed by atoms with van der Waals surface area (Å²) in [6.45, 7) is 9.52. The monoisotopic (exact) mass is 836 g/mol. The molecule has 13 heteroatoms. The second-order valence-corrected chi connectivity index (χ2v) is 17.8. The normalized spacial score (nSPS) is 21.1. The van der Waals surface area contributed by atoms with Crippen molar-refractivity contribution in [1.82, 2.24) is 30.4 Å². The number of amides is 4. The summed E-state index contributed by atoms with van der Waals surface area (Å²) >= 11 is 0. The minimum atomic E-state index is -1.19. The summed E-state index contributed by atoms with van der Waals surface area (Å²) in [7, 11) is 1.28. The topological polar surface area (TPSA) is 166 Å². The second kappa shape index (κ2) is 16.3. The molecule has 13 nitrogen and oxygen atoms in total. The maximum atomic E-state index is 14.1. The van der Waals surface area contributed by atoms with E-state index in [9.17, 15) is 24.3 Å². The molecule has 3 aliphatic heterocycles. The number of imidazole rings is 1. The Bertz CT molecular complexity index is 2620. The number of ether oxygens (including phenoxy) is 2. The first-order chi connectivity index (χ1) is 29.9. The molecule has 0 unspecified atom stereocenters. The number of carboxylic acid groups (broad SMARTS) is 1. The molecule has 1 aromatic heterocycles. The highest BCUT2D eigenvalue weighted by molar-refractivity contribution is 5.97. The highest BCUT2D eigenvalue weighted by Crippen LogP contribution is 2.45. The number of rotatable bonds is 9. The van der Waals surface area contributed by atoms with Gasteiger partial charge in [-0.3, -0.25) is 9.59 Å². The Labute approximate surface area is 360 Å². The molecule has 0 spiro atoms. The van der Waals surface area contributed by atoms with Gasteiger partial charge in [0.25, 0.3) is 5.91 Å². The molecule has 1 aliphatic carbocycles. The van der Waals surface area contributed by atoms with Crippen LogP contribution in [0.5, 0.6) is 5.75 Å². The zero-order valence-electron chi connectivity index (χ0n) is 35.6. The van der Waals surface area contributed by atoms with E-state index < -0.39 is 24.3 Å². The van der Waals surface area contributed by atoms with Gasteiger partial charge in [-0.1, -0.05) is 88.4 Å². The Kier molecular flexibility index (Phi) is 10.7. The molecule has 4 N–H and O–H groups in total. The van der Waals surface area contributed by atoms with Crippen molar-refractivity contribution in [1.29, 1.82) is 0 Å². The summed E-state index contributed by atoms with van der Waals surface area (Å²) in [5.74, 6) is 1.48. The fraction of sp³-hybridized carbons (Fsp3) is 0.367. The standard InChI is InChI=1S/C49H52N6O7/c1-26(2)43(52-48(58)59)46(56)54-23-27(3)15-40(54)33-17-30-11-12-31-19-38-35-14-13-32(18-34(35)25-62-42(38)21-37(31)36(30)20-33)39-22-50-45(51-39)41-16-28(4)24-55(41)47(57)44(53-49(60)61-5)29-9-7-6-8-10-29/h6-14,17-19,21-22,26-28,40-41,43-44,52H,15-16,20,23-25H2,1-5H3,(H,50,51)(H,53,60)(H,58,59)/t27-,28-,40-,41-,43-,44+/m0/s1. The number of hydrogen-bond donors (Lipinski definition) is 4. The highest BCUT2D eigenvalue weighted by Gasteiger charge is 2.42. The van der Waals surface area contributed by atoms with Crippen LogP contribution in [0.2, 0.25) is 0 Å². The van der Waals surface area contributed by atoms with Crippen LogP contribution in [0.1, 0.15) is 80.7 Å². The van der Waals surface area contributed by atoms with Crippen LogP contribution in [0.15, 0.2) is 84.6 Å². The molecule has 4 aromatic carbocycles. The summed E-state index contributed by atoms with van der Waals surface area (Å²) in [4.78, 5) is 63.9. The lowest BCUT2D eigenvalue weighted by Gasteiger charge is -2.31. The van der Waals surface area contributed by atoms with Gasteiger partial charge in [0.15, 0.2) is 0 Å². The molecule has 320 valence electrons. The average Bonchev–Trinajstić information content (AvgIpc) is 4.09. The van der Waals surface area contributed by atoms with Crippen molar-refractivity contribution in [3.05, 3.63) is 113 Å². The summed E-state index contributed by atoms with van der Waals surface area (Å²) in [6, 6.07) is 22.1. The van der Waals surface area contributed by atoms with Crippen molar-refractivity contribution in [2.24, 2.45) is 17.8 Å². The predicted octanol–water partition coefficient (Wildman–Crippen LogP) is 8.26. The number of H-pyrrole nitrogens is 1. The molecular weight excluding hydrogens is 785 g/mol. The molecule has 9 rings (SSSR count). The number of hydrogen-bond acceptors (Lipinski definition) is 7. The number of alkyl carbamates (subject to hydrolysis) is 1. The van der Waals surface area contributed by atoms with Gasteiger partial charge in [0, 0.05) is 18.7 Å². The molecular formula is C49H52N6O7. The van der Waals surface area contributed by atoms with Gasteiger partial charge in [-0.25, -0.2) is 14.6 Å². The fourth-order valence-electron chi connectivity index (χ4n) is 10.0. The van der Waals surface area contributed by atoms with E-state index in [1.165, 1.54) is 18.2 Å². The number of aromatic nitrogens is 2. The molecule has 0 bridgehead atoms. The lowest BCUT2D eigenvalue weighted by atomic mass is 9.90. The molecule has 4 amide bonds. The number of benzene rings is 4. The Morgan fingerprint density at radius 1 is 0.887 bits per heavy atom. The van der Waals surface area contributed by atoms with Crippen molar-refractivity contribution in [3.8, 4) is 28.1 Å². The van der Waals surface area contributed by atoms with Crippen LogP contribution in [-0.4, -0.2) is 81.2 Å². The number of nitrogens with one attached hydrogen (secondary N) is 3. The fourth-order valence-corrected chi connectivity index (χ4v) is 10.0. The van der Waals surface area contributed by atoms with Gasteiger partial charge < -0.3 is 40.0 Å². The number of methoxy groups -OCH3 is 1. The van der Waals surface area contributed by atoms with Crippen molar-refractivity contribution in [3.63, 3.8) is 0 Å². The first kappa shape index (κ1) is 40.8. The first-order valence-electron chi connectivity index (χ1n) is 21.5. The van der Waals surface area contributed by atoms with Gasteiger partial charge in [-0.05, 0) is 105 Å². The summed E-state index contributed by atoms with van der Waals surface area (Å²) in [6.07, 6.45) is 4.44. The quantitative estimate of drug-likeness (QED) is 0.115. The largest absolute Gasteiger partial charge is 0.488 e. The van der Waals surface area contributed by atoms with E-state index in [-0.39, 0.29) is 35.7 Å². The maximum Gasteiger partial charge on any atom is 0.407 e. The van der Waals surface area contributed by atoms with Gasteiger partial charge in [0.05, 0.1) is 31.1 Å². The molecule has 6 atom stereocenters. The molecule has 5 aromatic rings. The SMILES string of the molecule is COC(=O)N[C@@H](C(=O)N1C[C@@H](C)C[C@H]1c1ncc(-c2ccc3c(c2)COc2cc4c5c(ccc4cc2-3)C=C([C@@H]2C[C@H](C)CN2C(=O)[C@@H](NC(=O)O)C(C)C)C5)[nH]1)c1ccccc1. The molecule has 62 heavy (non-hydrogen) atoms. The van der Waals surface area contributed by atoms with Crippen LogP contribution in [-0.2, 0) is 27.4 Å². The van der Waals surface area contributed by atoms with Crippen molar-refractivity contribution in [2.45, 2.75) is 77.7 Å². The molecule has 0 radical (unpaired) electrons. The first-order valence-corrected chi connectivity index (χ1v) is 21.5. The summed E-state index contributed by atoms with van der Waals surface area (Å²) in [5.41, 5.74) is 9.17. The lowest BCUT2D eigenvalue weighted by Crippen LogP contribution is -2.52.